The fourth-order valence-corrected chi connectivity index (χ4v) is 2.26. The van der Waals surface area contributed by atoms with Crippen molar-refractivity contribution < 1.29 is 4.92 Å². The molecule has 7 nitrogen and oxygen atoms in total. The molecule has 0 fully saturated rings. The molecule has 2 aromatic rings. The van der Waals surface area contributed by atoms with Crippen molar-refractivity contribution in [3.8, 4) is 5.69 Å². The average Bonchev–Trinajstić information content (AvgIpc) is 2.70. The van der Waals surface area contributed by atoms with Crippen molar-refractivity contribution in [2.24, 2.45) is 0 Å². The standard InChI is InChI=1S/C12H14ClN5O2/c1-12(2,3)10-11(14)15-16-17(10)9-7(13)5-4-6-8(9)18(19)20/h4-6H,14H2,1-3H3. The highest BCUT2D eigenvalue weighted by Gasteiger charge is 2.29. The highest BCUT2D eigenvalue weighted by molar-refractivity contribution is 6.32. The SMILES string of the molecule is CC(C)(C)c1c(N)nnn1-c1c(Cl)cccc1[N+](=O)[O-]. The minimum atomic E-state index is -0.508. The molecule has 1 aromatic heterocycles. The fourth-order valence-electron chi connectivity index (χ4n) is 2.01. The molecule has 8 heteroatoms. The van der Waals surface area contributed by atoms with E-state index in [1.54, 1.807) is 6.07 Å². The minimum absolute atomic E-state index is 0.145. The summed E-state index contributed by atoms with van der Waals surface area (Å²) in [6.45, 7) is 5.75. The van der Waals surface area contributed by atoms with E-state index < -0.39 is 4.92 Å². The highest BCUT2D eigenvalue weighted by atomic mass is 35.5. The van der Waals surface area contributed by atoms with Crippen molar-refractivity contribution in [3.05, 3.63) is 39.0 Å². The van der Waals surface area contributed by atoms with Gasteiger partial charge >= 0.3 is 0 Å². The van der Waals surface area contributed by atoms with Gasteiger partial charge in [-0.15, -0.1) is 5.10 Å². The van der Waals surface area contributed by atoms with Gasteiger partial charge < -0.3 is 5.73 Å². The van der Waals surface area contributed by atoms with Crippen LogP contribution in [0.15, 0.2) is 18.2 Å². The van der Waals surface area contributed by atoms with Crippen LogP contribution in [0.25, 0.3) is 5.69 Å². The van der Waals surface area contributed by atoms with Gasteiger partial charge in [-0.2, -0.15) is 0 Å². The van der Waals surface area contributed by atoms with Gasteiger partial charge in [-0.05, 0) is 6.07 Å². The molecule has 0 aliphatic heterocycles. The van der Waals surface area contributed by atoms with Crippen molar-refractivity contribution in [3.63, 3.8) is 0 Å². The number of hydrogen-bond donors (Lipinski definition) is 1. The van der Waals surface area contributed by atoms with Crippen LogP contribution in [0, 0.1) is 10.1 Å². The summed E-state index contributed by atoms with van der Waals surface area (Å²) in [5.41, 5.74) is 6.05. The maximum Gasteiger partial charge on any atom is 0.296 e. The topological polar surface area (TPSA) is 99.9 Å². The molecule has 0 saturated carbocycles. The van der Waals surface area contributed by atoms with Crippen LogP contribution in [-0.2, 0) is 5.41 Å². The lowest BCUT2D eigenvalue weighted by atomic mass is 9.91. The first kappa shape index (κ1) is 14.3. The number of benzene rings is 1. The summed E-state index contributed by atoms with van der Waals surface area (Å²) in [7, 11) is 0. The third-order valence-electron chi connectivity index (χ3n) is 2.78. The van der Waals surface area contributed by atoms with Crippen molar-refractivity contribution in [1.29, 1.82) is 0 Å². The summed E-state index contributed by atoms with van der Waals surface area (Å²) in [4.78, 5) is 10.7. The monoisotopic (exact) mass is 295 g/mol. The van der Waals surface area contributed by atoms with E-state index in [9.17, 15) is 10.1 Å². The van der Waals surface area contributed by atoms with Crippen LogP contribution < -0.4 is 5.73 Å². The molecule has 0 saturated heterocycles. The largest absolute Gasteiger partial charge is 0.381 e. The van der Waals surface area contributed by atoms with Gasteiger partial charge in [-0.25, -0.2) is 4.68 Å². The van der Waals surface area contributed by atoms with E-state index in [0.717, 1.165) is 0 Å². The van der Waals surface area contributed by atoms with E-state index in [-0.39, 0.29) is 27.6 Å². The van der Waals surface area contributed by atoms with E-state index in [2.05, 4.69) is 10.3 Å². The molecular weight excluding hydrogens is 282 g/mol. The third kappa shape index (κ3) is 2.32. The number of nitrogens with two attached hydrogens (primary N) is 1. The Morgan fingerprint density at radius 3 is 2.60 bits per heavy atom. The molecule has 0 bridgehead atoms. The van der Waals surface area contributed by atoms with Gasteiger partial charge in [-0.1, -0.05) is 43.7 Å². The van der Waals surface area contributed by atoms with Crippen LogP contribution >= 0.6 is 11.6 Å². The number of aromatic nitrogens is 3. The van der Waals surface area contributed by atoms with Crippen LogP contribution in [0.5, 0.6) is 0 Å². The van der Waals surface area contributed by atoms with Gasteiger partial charge in [0.2, 0.25) is 0 Å². The van der Waals surface area contributed by atoms with Gasteiger partial charge in [0.05, 0.1) is 15.6 Å². The Hall–Kier alpha value is -2.15. The molecule has 0 atom stereocenters. The van der Waals surface area contributed by atoms with Crippen LogP contribution in [0.3, 0.4) is 0 Å². The van der Waals surface area contributed by atoms with Crippen LogP contribution in [0.4, 0.5) is 11.5 Å². The number of halogens is 1. The number of nitrogen functional groups attached to an aromatic ring is 1. The van der Waals surface area contributed by atoms with Crippen molar-refractivity contribution >= 4 is 23.1 Å². The number of nitro benzene ring substituents is 1. The van der Waals surface area contributed by atoms with Crippen LogP contribution in [0.1, 0.15) is 26.5 Å². The summed E-state index contributed by atoms with van der Waals surface area (Å²) < 4.78 is 1.34. The zero-order chi connectivity index (χ0) is 15.1. The molecule has 1 heterocycles. The summed E-state index contributed by atoms with van der Waals surface area (Å²) in [6, 6.07) is 4.45. The molecule has 0 unspecified atom stereocenters. The van der Waals surface area contributed by atoms with E-state index in [1.165, 1.54) is 16.8 Å². The lowest BCUT2D eigenvalue weighted by Gasteiger charge is -2.20. The van der Waals surface area contributed by atoms with Crippen molar-refractivity contribution in [2.45, 2.75) is 26.2 Å². The predicted octanol–water partition coefficient (Wildman–Crippen LogP) is 2.71. The number of nitro groups is 1. The Labute approximate surface area is 120 Å². The predicted molar refractivity (Wildman–Crippen MR) is 76.1 cm³/mol. The summed E-state index contributed by atoms with van der Waals surface area (Å²) in [5.74, 6) is 0.228. The van der Waals surface area contributed by atoms with E-state index in [0.29, 0.717) is 5.69 Å². The van der Waals surface area contributed by atoms with Crippen molar-refractivity contribution in [1.82, 2.24) is 15.0 Å². The highest BCUT2D eigenvalue weighted by Crippen LogP contribution is 2.35. The zero-order valence-corrected chi connectivity index (χ0v) is 12.0. The molecular formula is C12H14ClN5O2. The number of rotatable bonds is 2. The van der Waals surface area contributed by atoms with Gasteiger partial charge in [0.25, 0.3) is 5.69 Å². The second-order valence-corrected chi connectivity index (χ2v) is 5.76. The maximum atomic E-state index is 11.2. The molecule has 0 aliphatic rings. The number of nitrogens with zero attached hydrogens (tertiary/aromatic N) is 4. The van der Waals surface area contributed by atoms with Gasteiger partial charge in [-0.3, -0.25) is 10.1 Å². The van der Waals surface area contributed by atoms with Gasteiger partial charge in [0, 0.05) is 11.5 Å². The molecule has 2 rings (SSSR count). The molecule has 20 heavy (non-hydrogen) atoms. The quantitative estimate of drug-likeness (QED) is 0.678. The smallest absolute Gasteiger partial charge is 0.296 e. The average molecular weight is 296 g/mol. The Kier molecular flexibility index (Phi) is 3.39. The molecule has 2 N–H and O–H groups in total. The van der Waals surface area contributed by atoms with E-state index in [4.69, 9.17) is 17.3 Å². The Morgan fingerprint density at radius 2 is 2.05 bits per heavy atom. The second-order valence-electron chi connectivity index (χ2n) is 5.35. The third-order valence-corrected chi connectivity index (χ3v) is 3.09. The minimum Gasteiger partial charge on any atom is -0.381 e. The van der Waals surface area contributed by atoms with E-state index in [1.807, 2.05) is 20.8 Å². The summed E-state index contributed by atoms with van der Waals surface area (Å²) in [6.07, 6.45) is 0. The lowest BCUT2D eigenvalue weighted by molar-refractivity contribution is -0.384. The summed E-state index contributed by atoms with van der Waals surface area (Å²) >= 11 is 6.11. The molecule has 1 aromatic carbocycles. The van der Waals surface area contributed by atoms with Crippen LogP contribution in [0.2, 0.25) is 5.02 Å². The first-order valence-corrected chi connectivity index (χ1v) is 6.26. The molecule has 106 valence electrons. The maximum absolute atomic E-state index is 11.2. The number of anilines is 1. The molecule has 0 radical (unpaired) electrons. The van der Waals surface area contributed by atoms with Crippen LogP contribution in [-0.4, -0.2) is 19.9 Å². The van der Waals surface area contributed by atoms with Gasteiger partial charge in [0.1, 0.15) is 0 Å². The Bertz CT molecular complexity index is 675. The first-order valence-electron chi connectivity index (χ1n) is 5.88. The number of para-hydroxylation sites is 1. The lowest BCUT2D eigenvalue weighted by Crippen LogP contribution is -2.20. The zero-order valence-electron chi connectivity index (χ0n) is 11.3. The Morgan fingerprint density at radius 1 is 1.40 bits per heavy atom. The Balaban J connectivity index is 2.80. The van der Waals surface area contributed by atoms with Gasteiger partial charge in [0.15, 0.2) is 11.5 Å². The normalized spacial score (nSPS) is 11.6. The fraction of sp³-hybridized carbons (Fsp3) is 0.333. The first-order chi connectivity index (χ1) is 9.23. The summed E-state index contributed by atoms with van der Waals surface area (Å²) in [5, 5.41) is 19.1. The van der Waals surface area contributed by atoms with Crippen molar-refractivity contribution in [2.75, 3.05) is 5.73 Å². The molecule has 0 amide bonds. The second kappa shape index (κ2) is 4.75. The molecule has 0 aliphatic carbocycles. The molecule has 0 spiro atoms. The van der Waals surface area contributed by atoms with E-state index >= 15 is 0 Å². The number of hydrogen-bond acceptors (Lipinski definition) is 5.